The summed E-state index contributed by atoms with van der Waals surface area (Å²) < 4.78 is 0. The fourth-order valence-electron chi connectivity index (χ4n) is 2.11. The Hall–Kier alpha value is -1.06. The van der Waals surface area contributed by atoms with Crippen molar-refractivity contribution in [3.8, 4) is 0 Å². The molecule has 0 aliphatic heterocycles. The summed E-state index contributed by atoms with van der Waals surface area (Å²) in [7, 11) is 0. The van der Waals surface area contributed by atoms with E-state index in [2.05, 4.69) is 11.4 Å². The standard InChI is InChI=1S/C12H16N2O.ClH/c13-7-8-14-12(15)11-6-2-4-9-3-1-5-10(9)11;/h2,4,6H,1,3,5,7-8,13H2,(H,14,15);1H. The van der Waals surface area contributed by atoms with E-state index in [-0.39, 0.29) is 18.3 Å². The third-order valence-electron chi connectivity index (χ3n) is 2.82. The van der Waals surface area contributed by atoms with E-state index in [0.717, 1.165) is 24.8 Å². The maximum atomic E-state index is 11.8. The second-order valence-corrected chi connectivity index (χ2v) is 3.84. The van der Waals surface area contributed by atoms with Gasteiger partial charge in [0.25, 0.3) is 5.91 Å². The zero-order valence-electron chi connectivity index (χ0n) is 9.16. The lowest BCUT2D eigenvalue weighted by Gasteiger charge is -2.08. The van der Waals surface area contributed by atoms with Crippen molar-refractivity contribution in [1.82, 2.24) is 5.32 Å². The number of nitrogens with one attached hydrogen (secondary N) is 1. The van der Waals surface area contributed by atoms with Crippen molar-refractivity contribution < 1.29 is 4.79 Å². The first-order valence-corrected chi connectivity index (χ1v) is 5.42. The van der Waals surface area contributed by atoms with Gasteiger partial charge in [0.2, 0.25) is 0 Å². The summed E-state index contributed by atoms with van der Waals surface area (Å²) >= 11 is 0. The lowest BCUT2D eigenvalue weighted by molar-refractivity contribution is 0.0954. The van der Waals surface area contributed by atoms with Crippen molar-refractivity contribution in [2.24, 2.45) is 5.73 Å². The summed E-state index contributed by atoms with van der Waals surface area (Å²) in [5, 5.41) is 2.81. The Kier molecular flexibility index (Phi) is 4.77. The van der Waals surface area contributed by atoms with Crippen molar-refractivity contribution >= 4 is 18.3 Å². The van der Waals surface area contributed by atoms with Crippen LogP contribution < -0.4 is 11.1 Å². The van der Waals surface area contributed by atoms with E-state index < -0.39 is 0 Å². The van der Waals surface area contributed by atoms with Gasteiger partial charge in [-0.25, -0.2) is 0 Å². The second kappa shape index (κ2) is 5.87. The first-order valence-electron chi connectivity index (χ1n) is 5.42. The predicted molar refractivity (Wildman–Crippen MR) is 67.1 cm³/mol. The van der Waals surface area contributed by atoms with Gasteiger partial charge in [0.1, 0.15) is 0 Å². The molecule has 0 unspecified atom stereocenters. The molecule has 2 rings (SSSR count). The molecule has 0 bridgehead atoms. The number of carbonyl (C=O) groups excluding carboxylic acids is 1. The number of amides is 1. The third kappa shape index (κ3) is 2.54. The molecule has 3 N–H and O–H groups in total. The Labute approximate surface area is 102 Å². The number of aryl methyl sites for hydroxylation is 1. The van der Waals surface area contributed by atoms with Crippen LogP contribution in [-0.4, -0.2) is 19.0 Å². The van der Waals surface area contributed by atoms with E-state index in [1.807, 2.05) is 12.1 Å². The van der Waals surface area contributed by atoms with Crippen LogP contribution in [0.1, 0.15) is 27.9 Å². The third-order valence-corrected chi connectivity index (χ3v) is 2.82. The molecule has 1 aliphatic carbocycles. The van der Waals surface area contributed by atoms with Gasteiger partial charge in [-0.2, -0.15) is 0 Å². The Bertz CT molecular complexity index is 379. The molecule has 88 valence electrons. The molecule has 0 heterocycles. The molecule has 0 aromatic heterocycles. The Morgan fingerprint density at radius 3 is 2.94 bits per heavy atom. The van der Waals surface area contributed by atoms with Crippen molar-refractivity contribution in [1.29, 1.82) is 0 Å². The maximum Gasteiger partial charge on any atom is 0.251 e. The number of fused-ring (bicyclic) bond motifs is 1. The van der Waals surface area contributed by atoms with Crippen molar-refractivity contribution in [3.63, 3.8) is 0 Å². The molecule has 1 aliphatic rings. The van der Waals surface area contributed by atoms with Crippen molar-refractivity contribution in [2.45, 2.75) is 19.3 Å². The minimum absolute atomic E-state index is 0. The van der Waals surface area contributed by atoms with Crippen LogP contribution in [0.2, 0.25) is 0 Å². The summed E-state index contributed by atoms with van der Waals surface area (Å²) in [6, 6.07) is 5.97. The Morgan fingerprint density at radius 1 is 1.38 bits per heavy atom. The van der Waals surface area contributed by atoms with Crippen LogP contribution in [0.5, 0.6) is 0 Å². The normalized spacial score (nSPS) is 12.8. The highest BCUT2D eigenvalue weighted by atomic mass is 35.5. The lowest BCUT2D eigenvalue weighted by Crippen LogP contribution is -2.29. The molecular weight excluding hydrogens is 224 g/mol. The molecule has 16 heavy (non-hydrogen) atoms. The largest absolute Gasteiger partial charge is 0.351 e. The van der Waals surface area contributed by atoms with E-state index in [4.69, 9.17) is 5.73 Å². The molecule has 0 saturated heterocycles. The Morgan fingerprint density at radius 2 is 2.19 bits per heavy atom. The van der Waals surface area contributed by atoms with Gasteiger partial charge < -0.3 is 11.1 Å². The van der Waals surface area contributed by atoms with E-state index in [0.29, 0.717) is 13.1 Å². The van der Waals surface area contributed by atoms with Crippen LogP contribution in [-0.2, 0) is 12.8 Å². The molecular formula is C12H17ClN2O. The highest BCUT2D eigenvalue weighted by Gasteiger charge is 2.17. The fraction of sp³-hybridized carbons (Fsp3) is 0.417. The quantitative estimate of drug-likeness (QED) is 0.837. The first-order chi connectivity index (χ1) is 7.33. The average Bonchev–Trinajstić information content (AvgIpc) is 2.73. The second-order valence-electron chi connectivity index (χ2n) is 3.84. The van der Waals surface area contributed by atoms with Crippen LogP contribution in [0.4, 0.5) is 0 Å². The molecule has 3 nitrogen and oxygen atoms in total. The molecule has 0 atom stereocenters. The molecule has 0 saturated carbocycles. The predicted octanol–water partition coefficient (Wildman–Crippen LogP) is 1.29. The number of rotatable bonds is 3. The SMILES string of the molecule is Cl.NCCNC(=O)c1cccc2c1CCC2. The Balaban J connectivity index is 0.00000128. The van der Waals surface area contributed by atoms with Gasteiger partial charge in [-0.3, -0.25) is 4.79 Å². The summed E-state index contributed by atoms with van der Waals surface area (Å²) in [5.74, 6) is 0.0131. The average molecular weight is 241 g/mol. The topological polar surface area (TPSA) is 55.1 Å². The van der Waals surface area contributed by atoms with Crippen LogP contribution in [0.25, 0.3) is 0 Å². The summed E-state index contributed by atoms with van der Waals surface area (Å²) in [5.41, 5.74) is 8.74. The van der Waals surface area contributed by atoms with Gasteiger partial charge in [0.05, 0.1) is 0 Å². The van der Waals surface area contributed by atoms with Crippen LogP contribution in [0, 0.1) is 0 Å². The highest BCUT2D eigenvalue weighted by Crippen LogP contribution is 2.24. The van der Waals surface area contributed by atoms with E-state index >= 15 is 0 Å². The zero-order valence-corrected chi connectivity index (χ0v) is 9.98. The van der Waals surface area contributed by atoms with Gasteiger partial charge in [-0.1, -0.05) is 12.1 Å². The summed E-state index contributed by atoms with van der Waals surface area (Å²) in [4.78, 5) is 11.8. The van der Waals surface area contributed by atoms with Crippen LogP contribution >= 0.6 is 12.4 Å². The monoisotopic (exact) mass is 240 g/mol. The molecule has 0 spiro atoms. The fourth-order valence-corrected chi connectivity index (χ4v) is 2.11. The molecule has 0 radical (unpaired) electrons. The zero-order chi connectivity index (χ0) is 10.7. The number of hydrogen-bond donors (Lipinski definition) is 2. The number of benzene rings is 1. The molecule has 1 aromatic carbocycles. The van der Waals surface area contributed by atoms with E-state index in [1.165, 1.54) is 11.1 Å². The molecule has 1 aromatic rings. The highest BCUT2D eigenvalue weighted by molar-refractivity contribution is 5.96. The van der Waals surface area contributed by atoms with Gasteiger partial charge in [-0.05, 0) is 36.5 Å². The van der Waals surface area contributed by atoms with Crippen LogP contribution in [0.15, 0.2) is 18.2 Å². The maximum absolute atomic E-state index is 11.8. The van der Waals surface area contributed by atoms with Gasteiger partial charge in [-0.15, -0.1) is 12.4 Å². The summed E-state index contributed by atoms with van der Waals surface area (Å²) in [6.07, 6.45) is 3.30. The number of hydrogen-bond acceptors (Lipinski definition) is 2. The minimum atomic E-state index is 0. The van der Waals surface area contributed by atoms with Crippen molar-refractivity contribution in [2.75, 3.05) is 13.1 Å². The smallest absolute Gasteiger partial charge is 0.251 e. The van der Waals surface area contributed by atoms with Gasteiger partial charge in [0, 0.05) is 18.7 Å². The van der Waals surface area contributed by atoms with Crippen LogP contribution in [0.3, 0.4) is 0 Å². The van der Waals surface area contributed by atoms with E-state index in [1.54, 1.807) is 0 Å². The van der Waals surface area contributed by atoms with Gasteiger partial charge in [0.15, 0.2) is 0 Å². The molecule has 1 amide bonds. The number of halogens is 1. The molecule has 4 heteroatoms. The molecule has 0 fully saturated rings. The minimum Gasteiger partial charge on any atom is -0.351 e. The number of carbonyl (C=O) groups is 1. The summed E-state index contributed by atoms with van der Waals surface area (Å²) in [6.45, 7) is 1.03. The van der Waals surface area contributed by atoms with E-state index in [9.17, 15) is 4.79 Å². The van der Waals surface area contributed by atoms with Gasteiger partial charge >= 0.3 is 0 Å². The first kappa shape index (κ1) is 13.0. The lowest BCUT2D eigenvalue weighted by atomic mass is 10.0. The van der Waals surface area contributed by atoms with Crippen molar-refractivity contribution in [3.05, 3.63) is 34.9 Å². The number of nitrogens with two attached hydrogens (primary N) is 1.